The number of carbonyl (C=O) groups is 1. The van der Waals surface area contributed by atoms with Crippen LogP contribution in [0.2, 0.25) is 0 Å². The van der Waals surface area contributed by atoms with Gasteiger partial charge >= 0.3 is 0 Å². The maximum atomic E-state index is 12.6. The van der Waals surface area contributed by atoms with Gasteiger partial charge in [0.2, 0.25) is 0 Å². The third kappa shape index (κ3) is 2.26. The van der Waals surface area contributed by atoms with Crippen molar-refractivity contribution >= 4 is 11.5 Å². The van der Waals surface area contributed by atoms with Crippen molar-refractivity contribution in [2.24, 2.45) is 5.73 Å². The molecule has 0 saturated heterocycles. The minimum absolute atomic E-state index is 0.153. The molecular formula is C9H11FN2O. The Bertz CT molecular complexity index is 325. The summed E-state index contributed by atoms with van der Waals surface area (Å²) in [5, 5.41) is 0. The molecule has 0 heterocycles. The van der Waals surface area contributed by atoms with E-state index in [0.29, 0.717) is 5.56 Å². The maximum absolute atomic E-state index is 12.6. The van der Waals surface area contributed by atoms with Crippen molar-refractivity contribution in [3.63, 3.8) is 0 Å². The fourth-order valence-electron chi connectivity index (χ4n) is 1.05. The maximum Gasteiger partial charge on any atom is 0.166 e. The molecule has 1 aromatic rings. The highest BCUT2D eigenvalue weighted by atomic mass is 19.1. The Kier molecular flexibility index (Phi) is 2.97. The molecule has 0 bridgehead atoms. The van der Waals surface area contributed by atoms with Gasteiger partial charge in [-0.25, -0.2) is 4.39 Å². The lowest BCUT2D eigenvalue weighted by Crippen LogP contribution is -2.10. The lowest BCUT2D eigenvalue weighted by molar-refractivity contribution is 0.0986. The molecule has 13 heavy (non-hydrogen) atoms. The Morgan fingerprint density at radius 1 is 1.46 bits per heavy atom. The van der Waals surface area contributed by atoms with E-state index in [1.807, 2.05) is 0 Å². The first-order valence-corrected chi connectivity index (χ1v) is 3.93. The second-order valence-corrected chi connectivity index (χ2v) is 2.69. The van der Waals surface area contributed by atoms with E-state index in [0.717, 1.165) is 6.07 Å². The third-order valence-corrected chi connectivity index (χ3v) is 1.69. The van der Waals surface area contributed by atoms with Crippen molar-refractivity contribution in [2.75, 3.05) is 12.3 Å². The zero-order chi connectivity index (χ0) is 9.84. The molecule has 1 rings (SSSR count). The highest BCUT2D eigenvalue weighted by molar-refractivity contribution is 6.00. The van der Waals surface area contributed by atoms with E-state index in [-0.39, 0.29) is 24.4 Å². The molecule has 0 saturated carbocycles. The SMILES string of the molecule is NCCC(=O)c1ccc(F)cc1N. The third-order valence-electron chi connectivity index (χ3n) is 1.69. The predicted octanol–water partition coefficient (Wildman–Crippen LogP) is 0.939. The molecule has 0 aliphatic rings. The van der Waals surface area contributed by atoms with Crippen LogP contribution in [-0.4, -0.2) is 12.3 Å². The molecule has 4 N–H and O–H groups in total. The van der Waals surface area contributed by atoms with Gasteiger partial charge in [-0.15, -0.1) is 0 Å². The first kappa shape index (κ1) is 9.67. The summed E-state index contributed by atoms with van der Waals surface area (Å²) in [5.41, 5.74) is 11.2. The quantitative estimate of drug-likeness (QED) is 0.540. The van der Waals surface area contributed by atoms with Gasteiger partial charge in [-0.1, -0.05) is 0 Å². The van der Waals surface area contributed by atoms with Crippen LogP contribution in [0.1, 0.15) is 16.8 Å². The van der Waals surface area contributed by atoms with E-state index in [9.17, 15) is 9.18 Å². The molecule has 0 unspecified atom stereocenters. The van der Waals surface area contributed by atoms with Gasteiger partial charge in [0.25, 0.3) is 0 Å². The number of ketones is 1. The van der Waals surface area contributed by atoms with Gasteiger partial charge in [0, 0.05) is 17.7 Å². The van der Waals surface area contributed by atoms with Crippen molar-refractivity contribution in [1.29, 1.82) is 0 Å². The molecule has 0 atom stereocenters. The van der Waals surface area contributed by atoms with Gasteiger partial charge in [-0.05, 0) is 24.7 Å². The smallest absolute Gasteiger partial charge is 0.166 e. The lowest BCUT2D eigenvalue weighted by Gasteiger charge is -2.02. The Labute approximate surface area is 75.5 Å². The van der Waals surface area contributed by atoms with Crippen molar-refractivity contribution in [2.45, 2.75) is 6.42 Å². The molecule has 0 aliphatic carbocycles. The van der Waals surface area contributed by atoms with Gasteiger partial charge in [-0.2, -0.15) is 0 Å². The summed E-state index contributed by atoms with van der Waals surface area (Å²) in [6, 6.07) is 3.71. The van der Waals surface area contributed by atoms with Gasteiger partial charge in [0.1, 0.15) is 5.82 Å². The zero-order valence-corrected chi connectivity index (χ0v) is 7.09. The number of rotatable bonds is 3. The number of carbonyl (C=O) groups excluding carboxylic acids is 1. The van der Waals surface area contributed by atoms with Crippen molar-refractivity contribution in [3.05, 3.63) is 29.6 Å². The minimum atomic E-state index is -0.443. The fourth-order valence-corrected chi connectivity index (χ4v) is 1.05. The van der Waals surface area contributed by atoms with E-state index < -0.39 is 5.82 Å². The molecule has 0 spiro atoms. The second-order valence-electron chi connectivity index (χ2n) is 2.69. The van der Waals surface area contributed by atoms with Crippen LogP contribution in [0.5, 0.6) is 0 Å². The Hall–Kier alpha value is -1.42. The summed E-state index contributed by atoms with van der Waals surface area (Å²) in [6.45, 7) is 0.273. The average Bonchev–Trinajstić information content (AvgIpc) is 2.04. The van der Waals surface area contributed by atoms with Gasteiger partial charge in [0.15, 0.2) is 5.78 Å². The first-order valence-electron chi connectivity index (χ1n) is 3.93. The first-order chi connectivity index (χ1) is 6.15. The van der Waals surface area contributed by atoms with Crippen LogP contribution in [0.25, 0.3) is 0 Å². The zero-order valence-electron chi connectivity index (χ0n) is 7.09. The van der Waals surface area contributed by atoms with Crippen LogP contribution in [0, 0.1) is 5.82 Å². The van der Waals surface area contributed by atoms with E-state index in [2.05, 4.69) is 0 Å². The number of halogens is 1. The standard InChI is InChI=1S/C9H11FN2O/c10-6-1-2-7(8(12)5-6)9(13)3-4-11/h1-2,5H,3-4,11-12H2. The molecule has 1 aromatic carbocycles. The minimum Gasteiger partial charge on any atom is -0.398 e. The molecule has 0 aromatic heterocycles. The largest absolute Gasteiger partial charge is 0.398 e. The number of nitrogens with two attached hydrogens (primary N) is 2. The van der Waals surface area contributed by atoms with Crippen LogP contribution < -0.4 is 11.5 Å². The van der Waals surface area contributed by atoms with Crippen LogP contribution in [0.15, 0.2) is 18.2 Å². The van der Waals surface area contributed by atoms with E-state index in [1.165, 1.54) is 12.1 Å². The normalized spacial score (nSPS) is 10.0. The second kappa shape index (κ2) is 4.00. The summed E-state index contributed by atoms with van der Waals surface area (Å²) in [6.07, 6.45) is 0.232. The number of nitrogen functional groups attached to an aromatic ring is 1. The van der Waals surface area contributed by atoms with Gasteiger partial charge in [0.05, 0.1) is 0 Å². The molecule has 0 aliphatic heterocycles. The molecule has 0 amide bonds. The molecule has 70 valence electrons. The van der Waals surface area contributed by atoms with Crippen LogP contribution >= 0.6 is 0 Å². The van der Waals surface area contributed by atoms with E-state index in [4.69, 9.17) is 11.5 Å². The molecule has 4 heteroatoms. The summed E-state index contributed by atoms with van der Waals surface area (Å²) >= 11 is 0. The van der Waals surface area contributed by atoms with Gasteiger partial charge < -0.3 is 11.5 Å². The Morgan fingerprint density at radius 2 is 2.15 bits per heavy atom. The number of hydrogen-bond acceptors (Lipinski definition) is 3. The predicted molar refractivity (Wildman–Crippen MR) is 48.8 cm³/mol. The van der Waals surface area contributed by atoms with E-state index >= 15 is 0 Å². The van der Waals surface area contributed by atoms with Gasteiger partial charge in [-0.3, -0.25) is 4.79 Å². The number of Topliss-reactive ketones (excluding diaryl/α,β-unsaturated/α-hetero) is 1. The Balaban J connectivity index is 2.95. The molecule has 0 radical (unpaired) electrons. The average molecular weight is 182 g/mol. The summed E-state index contributed by atoms with van der Waals surface area (Å²) in [7, 11) is 0. The number of hydrogen-bond donors (Lipinski definition) is 2. The summed E-state index contributed by atoms with van der Waals surface area (Å²) in [4.78, 5) is 11.3. The highest BCUT2D eigenvalue weighted by Crippen LogP contribution is 2.14. The van der Waals surface area contributed by atoms with Crippen molar-refractivity contribution in [3.8, 4) is 0 Å². The fraction of sp³-hybridized carbons (Fsp3) is 0.222. The Morgan fingerprint density at radius 3 is 2.69 bits per heavy atom. The monoisotopic (exact) mass is 182 g/mol. The topological polar surface area (TPSA) is 69.1 Å². The van der Waals surface area contributed by atoms with E-state index in [1.54, 1.807) is 0 Å². The lowest BCUT2D eigenvalue weighted by atomic mass is 10.1. The molecular weight excluding hydrogens is 171 g/mol. The summed E-state index contributed by atoms with van der Waals surface area (Å²) in [5.74, 6) is -0.596. The van der Waals surface area contributed by atoms with Crippen molar-refractivity contribution in [1.82, 2.24) is 0 Å². The van der Waals surface area contributed by atoms with Crippen molar-refractivity contribution < 1.29 is 9.18 Å². The molecule has 0 fully saturated rings. The number of benzene rings is 1. The van der Waals surface area contributed by atoms with Crippen LogP contribution in [0.4, 0.5) is 10.1 Å². The molecule has 3 nitrogen and oxygen atoms in total. The summed E-state index contributed by atoms with van der Waals surface area (Å²) < 4.78 is 12.6. The van der Waals surface area contributed by atoms with Crippen LogP contribution in [-0.2, 0) is 0 Å². The number of anilines is 1. The highest BCUT2D eigenvalue weighted by Gasteiger charge is 2.08. The van der Waals surface area contributed by atoms with Crippen LogP contribution in [0.3, 0.4) is 0 Å².